The van der Waals surface area contributed by atoms with Gasteiger partial charge in [-0.05, 0) is 0 Å². The molecule has 4 heteroatoms. The van der Waals surface area contributed by atoms with E-state index in [9.17, 15) is 4.79 Å². The molecule has 19 heavy (non-hydrogen) atoms. The second kappa shape index (κ2) is 7.46. The molecule has 0 aliphatic rings. The van der Waals surface area contributed by atoms with Gasteiger partial charge >= 0.3 is 120 Å². The molecule has 0 spiro atoms. The number of fused-ring (bicyclic) bond motifs is 1. The number of hydrogen-bond donors (Lipinski definition) is 1. The second-order valence-electron chi connectivity index (χ2n) is 4.65. The molecule has 0 fully saturated rings. The van der Waals surface area contributed by atoms with Crippen LogP contribution in [0.25, 0.3) is 10.9 Å². The number of benzene rings is 1. The quantitative estimate of drug-likeness (QED) is 0.629. The van der Waals surface area contributed by atoms with Gasteiger partial charge in [0.25, 0.3) is 0 Å². The number of aromatic amines is 1. The van der Waals surface area contributed by atoms with E-state index in [0.29, 0.717) is 5.39 Å². The molecule has 1 N–H and O–H groups in total. The summed E-state index contributed by atoms with van der Waals surface area (Å²) in [6.07, 6.45) is 6.49. The van der Waals surface area contributed by atoms with Gasteiger partial charge in [-0.2, -0.15) is 0 Å². The molecule has 3 nitrogen and oxygen atoms in total. The van der Waals surface area contributed by atoms with Crippen molar-refractivity contribution in [1.82, 2.24) is 9.97 Å². The number of para-hydroxylation sites is 1. The van der Waals surface area contributed by atoms with Crippen LogP contribution >= 0.6 is 0 Å². The van der Waals surface area contributed by atoms with Crippen LogP contribution < -0.4 is 10.3 Å². The van der Waals surface area contributed by atoms with Crippen molar-refractivity contribution < 1.29 is 0 Å². The van der Waals surface area contributed by atoms with Gasteiger partial charge in [0.1, 0.15) is 0 Å². The Morgan fingerprint density at radius 1 is 1.16 bits per heavy atom. The predicted molar refractivity (Wildman–Crippen MR) is 81.3 cm³/mol. The predicted octanol–water partition coefficient (Wildman–Crippen LogP) is 2.64. The fourth-order valence-electron chi connectivity index (χ4n) is 2.01. The van der Waals surface area contributed by atoms with Gasteiger partial charge in [0.05, 0.1) is 0 Å². The first-order valence-corrected chi connectivity index (χ1v) is 9.00. The van der Waals surface area contributed by atoms with E-state index in [1.165, 1.54) is 32.1 Å². The Bertz CT molecular complexity index is 580. The summed E-state index contributed by atoms with van der Waals surface area (Å²) in [6.45, 7) is 2.23. The third-order valence-corrected chi connectivity index (χ3v) is 5.09. The van der Waals surface area contributed by atoms with E-state index in [1.807, 2.05) is 24.3 Å². The normalized spacial score (nSPS) is 11.0. The van der Waals surface area contributed by atoms with Crippen molar-refractivity contribution in [3.05, 3.63) is 34.6 Å². The molecule has 0 atom stereocenters. The van der Waals surface area contributed by atoms with Crippen molar-refractivity contribution in [2.75, 3.05) is 0 Å². The van der Waals surface area contributed by atoms with Crippen molar-refractivity contribution in [3.8, 4) is 0 Å². The van der Waals surface area contributed by atoms with Crippen LogP contribution in [0.5, 0.6) is 0 Å². The fourth-order valence-corrected chi connectivity index (χ4v) is 3.83. The first-order chi connectivity index (χ1) is 9.31. The van der Waals surface area contributed by atoms with Crippen LogP contribution in [0.2, 0.25) is 5.32 Å². The molecule has 1 aromatic carbocycles. The van der Waals surface area contributed by atoms with Gasteiger partial charge < -0.3 is 0 Å². The molecule has 1 heterocycles. The molecule has 0 radical (unpaired) electrons. The van der Waals surface area contributed by atoms with E-state index in [1.54, 1.807) is 0 Å². The van der Waals surface area contributed by atoms with Crippen LogP contribution in [-0.2, 0) is 0 Å². The number of nitrogens with one attached hydrogen (secondary N) is 1. The van der Waals surface area contributed by atoms with E-state index >= 15 is 0 Å². The summed E-state index contributed by atoms with van der Waals surface area (Å²) in [6, 6.07) is 7.53. The third kappa shape index (κ3) is 4.19. The van der Waals surface area contributed by atoms with E-state index in [-0.39, 0.29) is 20.5 Å². The first kappa shape index (κ1) is 14.3. The zero-order chi connectivity index (χ0) is 13.5. The zero-order valence-electron chi connectivity index (χ0n) is 11.3. The molecule has 0 saturated heterocycles. The molecule has 1 aromatic heterocycles. The summed E-state index contributed by atoms with van der Waals surface area (Å²) in [7, 11) is 0. The molecule has 0 aliphatic heterocycles. The number of unbranched alkanes of at least 4 members (excludes halogenated alkanes) is 4. The molecular weight excluding hydrogens is 303 g/mol. The third-order valence-electron chi connectivity index (χ3n) is 3.08. The Labute approximate surface area is 120 Å². The Morgan fingerprint density at radius 2 is 1.95 bits per heavy atom. The number of hydrogen-bond acceptors (Lipinski definition) is 2. The van der Waals surface area contributed by atoms with E-state index < -0.39 is 0 Å². The summed E-state index contributed by atoms with van der Waals surface area (Å²) in [5.41, 5.74) is 0.808. The first-order valence-electron chi connectivity index (χ1n) is 6.93. The molecular formula is C15H20N2OSe. The van der Waals surface area contributed by atoms with Crippen LogP contribution in [0.3, 0.4) is 0 Å². The maximum absolute atomic E-state index is 11.9. The number of rotatable bonds is 7. The maximum atomic E-state index is 11.9. The Hall–Kier alpha value is -1.12. The molecule has 0 amide bonds. The van der Waals surface area contributed by atoms with E-state index in [4.69, 9.17) is 0 Å². The summed E-state index contributed by atoms with van der Waals surface area (Å²) in [5.74, 6) is 0. The number of H-pyrrole nitrogens is 1. The van der Waals surface area contributed by atoms with Gasteiger partial charge in [0.15, 0.2) is 0 Å². The fraction of sp³-hybridized carbons (Fsp3) is 0.467. The molecule has 102 valence electrons. The van der Waals surface area contributed by atoms with Crippen LogP contribution in [0.15, 0.2) is 29.1 Å². The summed E-state index contributed by atoms with van der Waals surface area (Å²) in [5, 5.41) is 1.85. The van der Waals surface area contributed by atoms with Gasteiger partial charge in [-0.15, -0.1) is 0 Å². The van der Waals surface area contributed by atoms with E-state index in [0.717, 1.165) is 15.6 Å². The monoisotopic (exact) mass is 324 g/mol. The van der Waals surface area contributed by atoms with Crippen LogP contribution in [0.1, 0.15) is 39.0 Å². The Morgan fingerprint density at radius 3 is 2.79 bits per heavy atom. The standard InChI is InChI=1S/C15H20N2OSe/c1-2-3-4-5-8-11-19-15-16-13-10-7-6-9-12(13)14(18)17-15/h6-7,9-10H,2-5,8,11H2,1H3,(H,16,17,18). The van der Waals surface area contributed by atoms with Crippen molar-refractivity contribution in [1.29, 1.82) is 0 Å². The Balaban J connectivity index is 1.92. The summed E-state index contributed by atoms with van der Waals surface area (Å²) in [4.78, 5) is 19.3. The van der Waals surface area contributed by atoms with E-state index in [2.05, 4.69) is 16.9 Å². The summed E-state index contributed by atoms with van der Waals surface area (Å²) < 4.78 is 0.881. The summed E-state index contributed by atoms with van der Waals surface area (Å²) >= 11 is 0.287. The molecule has 0 unspecified atom stereocenters. The number of nitrogens with zero attached hydrogens (tertiary/aromatic N) is 1. The van der Waals surface area contributed by atoms with Crippen molar-refractivity contribution in [2.24, 2.45) is 0 Å². The van der Waals surface area contributed by atoms with Crippen LogP contribution in [0, 0.1) is 0 Å². The molecule has 0 bridgehead atoms. The van der Waals surface area contributed by atoms with Crippen molar-refractivity contribution >= 4 is 30.6 Å². The minimum atomic E-state index is -0.00606. The average Bonchev–Trinajstić information content (AvgIpc) is 2.43. The molecule has 2 rings (SSSR count). The minimum absolute atomic E-state index is 0.00606. The van der Waals surface area contributed by atoms with Crippen LogP contribution in [-0.4, -0.2) is 24.9 Å². The topological polar surface area (TPSA) is 45.8 Å². The van der Waals surface area contributed by atoms with Gasteiger partial charge in [-0.1, -0.05) is 0 Å². The Kier molecular flexibility index (Phi) is 5.61. The van der Waals surface area contributed by atoms with Gasteiger partial charge in [0.2, 0.25) is 0 Å². The van der Waals surface area contributed by atoms with Gasteiger partial charge in [-0.25, -0.2) is 0 Å². The SMILES string of the molecule is CCCCCCC[Se]c1nc2ccccc2c(=O)[nH]1. The van der Waals surface area contributed by atoms with Gasteiger partial charge in [0, 0.05) is 0 Å². The van der Waals surface area contributed by atoms with Crippen molar-refractivity contribution in [3.63, 3.8) is 0 Å². The van der Waals surface area contributed by atoms with Gasteiger partial charge in [-0.3, -0.25) is 0 Å². The number of aromatic nitrogens is 2. The zero-order valence-corrected chi connectivity index (χ0v) is 13.0. The molecule has 0 aliphatic carbocycles. The van der Waals surface area contributed by atoms with Crippen molar-refractivity contribution in [2.45, 2.75) is 44.3 Å². The molecule has 2 aromatic rings. The average molecular weight is 323 g/mol. The molecule has 0 saturated carbocycles. The van der Waals surface area contributed by atoms with Crippen LogP contribution in [0.4, 0.5) is 0 Å². The second-order valence-corrected chi connectivity index (χ2v) is 6.92.